The molecule has 16 heavy (non-hydrogen) atoms. The molecule has 0 aromatic rings. The molecule has 1 heterocycles. The van der Waals surface area contributed by atoms with Crippen molar-refractivity contribution in [3.8, 4) is 0 Å². The lowest BCUT2D eigenvalue weighted by Gasteiger charge is -2.43. The van der Waals surface area contributed by atoms with Crippen molar-refractivity contribution in [2.45, 2.75) is 39.7 Å². The fourth-order valence-corrected chi connectivity index (χ4v) is 2.20. The summed E-state index contributed by atoms with van der Waals surface area (Å²) >= 11 is 0. The molecular weight excluding hydrogens is 200 g/mol. The van der Waals surface area contributed by atoms with Crippen LogP contribution in [0.1, 0.15) is 34.1 Å². The van der Waals surface area contributed by atoms with Gasteiger partial charge < -0.3 is 10.1 Å². The highest BCUT2D eigenvalue weighted by Gasteiger charge is 2.30. The van der Waals surface area contributed by atoms with Crippen LogP contribution < -0.4 is 5.32 Å². The van der Waals surface area contributed by atoms with Crippen LogP contribution in [0.3, 0.4) is 0 Å². The highest BCUT2D eigenvalue weighted by molar-refractivity contribution is 4.85. The van der Waals surface area contributed by atoms with E-state index >= 15 is 0 Å². The Labute approximate surface area is 101 Å². The maximum atomic E-state index is 5.54. The molecule has 1 rings (SSSR count). The summed E-state index contributed by atoms with van der Waals surface area (Å²) in [6.45, 7) is 15.4. The van der Waals surface area contributed by atoms with Crippen molar-refractivity contribution < 1.29 is 4.74 Å². The fourth-order valence-electron chi connectivity index (χ4n) is 2.20. The second kappa shape index (κ2) is 6.58. The number of rotatable bonds is 6. The van der Waals surface area contributed by atoms with Gasteiger partial charge in [-0.15, -0.1) is 0 Å². The lowest BCUT2D eigenvalue weighted by Crippen LogP contribution is -2.54. The smallest absolute Gasteiger partial charge is 0.0645 e. The Hall–Kier alpha value is -0.120. The minimum absolute atomic E-state index is 0.206. The molecule has 0 radical (unpaired) electrons. The van der Waals surface area contributed by atoms with Gasteiger partial charge in [-0.25, -0.2) is 0 Å². The number of hydrogen-bond donors (Lipinski definition) is 1. The van der Waals surface area contributed by atoms with Crippen LogP contribution in [0.4, 0.5) is 0 Å². The maximum absolute atomic E-state index is 5.54. The third-order valence-electron chi connectivity index (χ3n) is 3.27. The summed E-state index contributed by atoms with van der Waals surface area (Å²) in [4.78, 5) is 2.56. The molecule has 0 amide bonds. The van der Waals surface area contributed by atoms with Gasteiger partial charge in [0, 0.05) is 18.6 Å². The zero-order valence-electron chi connectivity index (χ0n) is 11.4. The van der Waals surface area contributed by atoms with Crippen molar-refractivity contribution in [1.29, 1.82) is 0 Å². The van der Waals surface area contributed by atoms with Gasteiger partial charge in [-0.1, -0.05) is 13.8 Å². The van der Waals surface area contributed by atoms with Crippen LogP contribution in [0.15, 0.2) is 0 Å². The summed E-state index contributed by atoms with van der Waals surface area (Å²) < 4.78 is 5.54. The molecule has 0 aromatic heterocycles. The topological polar surface area (TPSA) is 24.5 Å². The molecule has 3 nitrogen and oxygen atoms in total. The normalized spacial score (nSPS) is 23.2. The summed E-state index contributed by atoms with van der Waals surface area (Å²) in [5.74, 6) is 0.712. The third-order valence-corrected chi connectivity index (χ3v) is 3.27. The van der Waals surface area contributed by atoms with Crippen LogP contribution in [-0.2, 0) is 4.74 Å². The zero-order chi connectivity index (χ0) is 12.0. The molecule has 1 unspecified atom stereocenters. The molecule has 1 aliphatic heterocycles. The Morgan fingerprint density at radius 1 is 1.44 bits per heavy atom. The molecule has 0 saturated carbocycles. The number of nitrogens with one attached hydrogen (secondary N) is 1. The second-order valence-corrected chi connectivity index (χ2v) is 5.62. The first-order chi connectivity index (χ1) is 7.56. The molecule has 1 saturated heterocycles. The Balaban J connectivity index is 2.28. The predicted octanol–water partition coefficient (Wildman–Crippen LogP) is 1.73. The molecule has 1 N–H and O–H groups in total. The van der Waals surface area contributed by atoms with E-state index in [0.717, 1.165) is 32.8 Å². The SMILES string of the molecule is CCCNCC(C)CN1CCOCC1(C)C. The van der Waals surface area contributed by atoms with E-state index in [1.54, 1.807) is 0 Å². The van der Waals surface area contributed by atoms with E-state index in [2.05, 4.69) is 37.9 Å². The van der Waals surface area contributed by atoms with Gasteiger partial charge in [0.2, 0.25) is 0 Å². The molecule has 1 aliphatic rings. The van der Waals surface area contributed by atoms with Gasteiger partial charge in [0.05, 0.1) is 13.2 Å². The van der Waals surface area contributed by atoms with E-state index in [9.17, 15) is 0 Å². The zero-order valence-corrected chi connectivity index (χ0v) is 11.4. The largest absolute Gasteiger partial charge is 0.378 e. The molecule has 1 atom stereocenters. The minimum Gasteiger partial charge on any atom is -0.378 e. The van der Waals surface area contributed by atoms with Crippen LogP contribution in [0.25, 0.3) is 0 Å². The van der Waals surface area contributed by atoms with E-state index < -0.39 is 0 Å². The predicted molar refractivity (Wildman–Crippen MR) is 68.8 cm³/mol. The van der Waals surface area contributed by atoms with Gasteiger partial charge >= 0.3 is 0 Å². The first-order valence-corrected chi connectivity index (χ1v) is 6.60. The standard InChI is InChI=1S/C13H28N2O/c1-5-6-14-9-12(2)10-15-7-8-16-11-13(15,3)4/h12,14H,5-11H2,1-4H3. The Bertz CT molecular complexity index is 194. The first-order valence-electron chi connectivity index (χ1n) is 6.60. The summed E-state index contributed by atoms with van der Waals surface area (Å²) in [7, 11) is 0. The molecule has 0 aromatic carbocycles. The molecule has 0 aliphatic carbocycles. The lowest BCUT2D eigenvalue weighted by molar-refractivity contribution is -0.0561. The highest BCUT2D eigenvalue weighted by Crippen LogP contribution is 2.19. The number of morpholine rings is 1. The van der Waals surface area contributed by atoms with Crippen LogP contribution in [0, 0.1) is 5.92 Å². The van der Waals surface area contributed by atoms with E-state index in [1.165, 1.54) is 13.0 Å². The van der Waals surface area contributed by atoms with Gasteiger partial charge in [0.1, 0.15) is 0 Å². The minimum atomic E-state index is 0.206. The molecule has 1 fully saturated rings. The van der Waals surface area contributed by atoms with Crippen molar-refractivity contribution in [3.63, 3.8) is 0 Å². The quantitative estimate of drug-likeness (QED) is 0.701. The molecule has 0 bridgehead atoms. The monoisotopic (exact) mass is 228 g/mol. The molecule has 3 heteroatoms. The van der Waals surface area contributed by atoms with Crippen LogP contribution >= 0.6 is 0 Å². The van der Waals surface area contributed by atoms with Gasteiger partial charge in [-0.3, -0.25) is 4.90 Å². The van der Waals surface area contributed by atoms with E-state index in [0.29, 0.717) is 5.92 Å². The summed E-state index contributed by atoms with van der Waals surface area (Å²) in [6.07, 6.45) is 1.22. The van der Waals surface area contributed by atoms with Gasteiger partial charge in [0.25, 0.3) is 0 Å². The van der Waals surface area contributed by atoms with Crippen molar-refractivity contribution in [2.75, 3.05) is 39.4 Å². The van der Waals surface area contributed by atoms with Crippen molar-refractivity contribution in [3.05, 3.63) is 0 Å². The highest BCUT2D eigenvalue weighted by atomic mass is 16.5. The van der Waals surface area contributed by atoms with E-state index in [1.807, 2.05) is 0 Å². The number of ether oxygens (including phenoxy) is 1. The number of hydrogen-bond acceptors (Lipinski definition) is 3. The Morgan fingerprint density at radius 3 is 2.81 bits per heavy atom. The van der Waals surface area contributed by atoms with E-state index in [-0.39, 0.29) is 5.54 Å². The second-order valence-electron chi connectivity index (χ2n) is 5.62. The molecule has 96 valence electrons. The summed E-state index contributed by atoms with van der Waals surface area (Å²) in [5.41, 5.74) is 0.206. The third kappa shape index (κ3) is 4.40. The van der Waals surface area contributed by atoms with E-state index in [4.69, 9.17) is 4.74 Å². The van der Waals surface area contributed by atoms with Gasteiger partial charge in [-0.05, 0) is 39.3 Å². The average Bonchev–Trinajstić information content (AvgIpc) is 2.21. The van der Waals surface area contributed by atoms with Crippen molar-refractivity contribution >= 4 is 0 Å². The van der Waals surface area contributed by atoms with Crippen molar-refractivity contribution in [2.24, 2.45) is 5.92 Å². The summed E-state index contributed by atoms with van der Waals surface area (Å²) in [5, 5.41) is 3.49. The van der Waals surface area contributed by atoms with Crippen LogP contribution in [-0.4, -0.2) is 49.8 Å². The maximum Gasteiger partial charge on any atom is 0.0645 e. The van der Waals surface area contributed by atoms with Crippen LogP contribution in [0.2, 0.25) is 0 Å². The Morgan fingerprint density at radius 2 is 2.19 bits per heavy atom. The number of nitrogens with zero attached hydrogens (tertiary/aromatic N) is 1. The molecule has 0 spiro atoms. The molecular formula is C13H28N2O. The average molecular weight is 228 g/mol. The van der Waals surface area contributed by atoms with Gasteiger partial charge in [-0.2, -0.15) is 0 Å². The summed E-state index contributed by atoms with van der Waals surface area (Å²) in [6, 6.07) is 0. The first kappa shape index (κ1) is 13.9. The van der Waals surface area contributed by atoms with Crippen LogP contribution in [0.5, 0.6) is 0 Å². The lowest BCUT2D eigenvalue weighted by atomic mass is 10.00. The van der Waals surface area contributed by atoms with Gasteiger partial charge in [0.15, 0.2) is 0 Å². The fraction of sp³-hybridized carbons (Fsp3) is 1.00. The van der Waals surface area contributed by atoms with Crippen molar-refractivity contribution in [1.82, 2.24) is 10.2 Å². The Kier molecular flexibility index (Phi) is 5.73.